The van der Waals surface area contributed by atoms with Gasteiger partial charge in [0.25, 0.3) is 5.91 Å². The zero-order valence-corrected chi connectivity index (χ0v) is 15.9. The molecule has 2 aliphatic rings. The molecule has 2 aliphatic heterocycles. The highest BCUT2D eigenvalue weighted by Crippen LogP contribution is 2.20. The number of anilines is 2. The fourth-order valence-corrected chi connectivity index (χ4v) is 3.68. The van der Waals surface area contributed by atoms with E-state index >= 15 is 0 Å². The molecule has 0 atom stereocenters. The van der Waals surface area contributed by atoms with Crippen LogP contribution in [0.25, 0.3) is 0 Å². The number of likely N-dealkylation sites (tertiary alicyclic amines) is 1. The number of carbonyl (C=O) groups is 2. The lowest BCUT2D eigenvalue weighted by Gasteiger charge is -2.28. The SMILES string of the molecule is O=C(Nc1ccc(N2CCOCC2)cc1)c1cccc(CN2CCCC2=O)c1. The lowest BCUT2D eigenvalue weighted by Crippen LogP contribution is -2.36. The first-order valence-electron chi connectivity index (χ1n) is 9.80. The summed E-state index contributed by atoms with van der Waals surface area (Å²) < 4.78 is 5.38. The number of morpholine rings is 1. The number of nitrogens with zero attached hydrogens (tertiary/aromatic N) is 2. The Labute approximate surface area is 165 Å². The molecule has 0 saturated carbocycles. The predicted octanol–water partition coefficient (Wildman–Crippen LogP) is 2.90. The van der Waals surface area contributed by atoms with Crippen molar-refractivity contribution in [3.8, 4) is 0 Å². The van der Waals surface area contributed by atoms with Gasteiger partial charge in [0.1, 0.15) is 0 Å². The molecule has 4 rings (SSSR count). The van der Waals surface area contributed by atoms with Crippen molar-refractivity contribution in [2.24, 2.45) is 0 Å². The van der Waals surface area contributed by atoms with Gasteiger partial charge >= 0.3 is 0 Å². The second-order valence-corrected chi connectivity index (χ2v) is 7.22. The average Bonchev–Trinajstić information content (AvgIpc) is 3.14. The number of hydrogen-bond donors (Lipinski definition) is 1. The lowest BCUT2D eigenvalue weighted by molar-refractivity contribution is -0.128. The van der Waals surface area contributed by atoms with Gasteiger partial charge in [-0.1, -0.05) is 12.1 Å². The summed E-state index contributed by atoms with van der Waals surface area (Å²) in [7, 11) is 0. The quantitative estimate of drug-likeness (QED) is 0.868. The Bertz CT molecular complexity index is 844. The molecular weight excluding hydrogens is 354 g/mol. The van der Waals surface area contributed by atoms with Crippen LogP contribution in [0, 0.1) is 0 Å². The van der Waals surface area contributed by atoms with Gasteiger partial charge in [-0.25, -0.2) is 0 Å². The summed E-state index contributed by atoms with van der Waals surface area (Å²) >= 11 is 0. The minimum absolute atomic E-state index is 0.145. The monoisotopic (exact) mass is 379 g/mol. The van der Waals surface area contributed by atoms with Crippen molar-refractivity contribution in [3.63, 3.8) is 0 Å². The zero-order chi connectivity index (χ0) is 19.3. The molecule has 2 fully saturated rings. The maximum Gasteiger partial charge on any atom is 0.255 e. The maximum atomic E-state index is 12.6. The minimum atomic E-state index is -0.145. The largest absolute Gasteiger partial charge is 0.378 e. The number of carbonyl (C=O) groups excluding carboxylic acids is 2. The van der Waals surface area contributed by atoms with Gasteiger partial charge < -0.3 is 19.9 Å². The molecule has 0 bridgehead atoms. The predicted molar refractivity (Wildman–Crippen MR) is 109 cm³/mol. The molecule has 1 N–H and O–H groups in total. The van der Waals surface area contributed by atoms with E-state index in [4.69, 9.17) is 4.74 Å². The molecule has 2 aromatic carbocycles. The van der Waals surface area contributed by atoms with Crippen LogP contribution in [0.5, 0.6) is 0 Å². The third kappa shape index (κ3) is 4.34. The van der Waals surface area contributed by atoms with E-state index in [0.717, 1.165) is 56.2 Å². The fourth-order valence-electron chi connectivity index (χ4n) is 3.68. The van der Waals surface area contributed by atoms with Gasteiger partial charge in [-0.2, -0.15) is 0 Å². The van der Waals surface area contributed by atoms with Gasteiger partial charge in [0.15, 0.2) is 0 Å². The van der Waals surface area contributed by atoms with E-state index in [2.05, 4.69) is 10.2 Å². The third-order valence-corrected chi connectivity index (χ3v) is 5.24. The number of benzene rings is 2. The summed E-state index contributed by atoms with van der Waals surface area (Å²) in [4.78, 5) is 28.6. The second-order valence-electron chi connectivity index (χ2n) is 7.22. The number of rotatable bonds is 5. The van der Waals surface area contributed by atoms with Crippen LogP contribution in [0.1, 0.15) is 28.8 Å². The Morgan fingerprint density at radius 1 is 1.04 bits per heavy atom. The summed E-state index contributed by atoms with van der Waals surface area (Å²) in [6.07, 6.45) is 1.54. The first-order valence-corrected chi connectivity index (χ1v) is 9.80. The molecule has 6 nitrogen and oxygen atoms in total. The molecule has 146 valence electrons. The van der Waals surface area contributed by atoms with Crippen molar-refractivity contribution in [2.75, 3.05) is 43.1 Å². The minimum Gasteiger partial charge on any atom is -0.378 e. The smallest absolute Gasteiger partial charge is 0.255 e. The van der Waals surface area contributed by atoms with E-state index in [0.29, 0.717) is 18.5 Å². The molecule has 0 radical (unpaired) electrons. The highest BCUT2D eigenvalue weighted by Gasteiger charge is 2.20. The Hall–Kier alpha value is -2.86. The van der Waals surface area contributed by atoms with Crippen LogP contribution in [-0.4, -0.2) is 49.6 Å². The number of hydrogen-bond acceptors (Lipinski definition) is 4. The van der Waals surface area contributed by atoms with Crippen molar-refractivity contribution >= 4 is 23.2 Å². The topological polar surface area (TPSA) is 61.9 Å². The van der Waals surface area contributed by atoms with E-state index in [9.17, 15) is 9.59 Å². The molecule has 2 amide bonds. The van der Waals surface area contributed by atoms with Crippen LogP contribution >= 0.6 is 0 Å². The maximum absolute atomic E-state index is 12.6. The molecule has 2 aromatic rings. The van der Waals surface area contributed by atoms with E-state index in [-0.39, 0.29) is 11.8 Å². The highest BCUT2D eigenvalue weighted by atomic mass is 16.5. The standard InChI is InChI=1S/C22H25N3O3/c26-21-5-2-10-25(21)16-17-3-1-4-18(15-17)22(27)23-19-6-8-20(9-7-19)24-11-13-28-14-12-24/h1,3-4,6-9,15H,2,5,10-14,16H2,(H,23,27). The summed E-state index contributed by atoms with van der Waals surface area (Å²) in [5.41, 5.74) is 3.48. The molecule has 0 spiro atoms. The van der Waals surface area contributed by atoms with E-state index in [1.54, 1.807) is 6.07 Å². The Morgan fingerprint density at radius 3 is 2.54 bits per heavy atom. The first kappa shape index (κ1) is 18.5. The van der Waals surface area contributed by atoms with E-state index in [1.165, 1.54) is 0 Å². The lowest BCUT2D eigenvalue weighted by atomic mass is 10.1. The van der Waals surface area contributed by atoms with Crippen LogP contribution in [-0.2, 0) is 16.1 Å². The summed E-state index contributed by atoms with van der Waals surface area (Å²) in [5, 5.41) is 2.96. The normalized spacial score (nSPS) is 17.1. The third-order valence-electron chi connectivity index (χ3n) is 5.24. The summed E-state index contributed by atoms with van der Waals surface area (Å²) in [6.45, 7) is 4.63. The summed E-state index contributed by atoms with van der Waals surface area (Å²) in [6, 6.07) is 15.4. The van der Waals surface area contributed by atoms with Crippen molar-refractivity contribution in [2.45, 2.75) is 19.4 Å². The molecule has 6 heteroatoms. The Morgan fingerprint density at radius 2 is 1.82 bits per heavy atom. The first-order chi connectivity index (χ1) is 13.7. The van der Waals surface area contributed by atoms with Crippen LogP contribution in [0.2, 0.25) is 0 Å². The van der Waals surface area contributed by atoms with Crippen LogP contribution in [0.4, 0.5) is 11.4 Å². The van der Waals surface area contributed by atoms with Crippen LogP contribution in [0.15, 0.2) is 48.5 Å². The average molecular weight is 379 g/mol. The van der Waals surface area contributed by atoms with Gasteiger partial charge in [0.05, 0.1) is 13.2 Å². The second kappa shape index (κ2) is 8.44. The van der Waals surface area contributed by atoms with Gasteiger partial charge in [-0.15, -0.1) is 0 Å². The zero-order valence-electron chi connectivity index (χ0n) is 15.9. The van der Waals surface area contributed by atoms with Crippen molar-refractivity contribution in [1.82, 2.24) is 4.90 Å². The van der Waals surface area contributed by atoms with Gasteiger partial charge in [0, 0.05) is 49.5 Å². The van der Waals surface area contributed by atoms with Crippen molar-refractivity contribution in [3.05, 3.63) is 59.7 Å². The number of ether oxygens (including phenoxy) is 1. The molecular formula is C22H25N3O3. The molecule has 2 heterocycles. The summed E-state index contributed by atoms with van der Waals surface area (Å²) in [5.74, 6) is 0.0453. The molecule has 0 unspecified atom stereocenters. The van der Waals surface area contributed by atoms with Crippen LogP contribution < -0.4 is 10.2 Å². The fraction of sp³-hybridized carbons (Fsp3) is 0.364. The van der Waals surface area contributed by atoms with E-state index < -0.39 is 0 Å². The van der Waals surface area contributed by atoms with Crippen molar-refractivity contribution in [1.29, 1.82) is 0 Å². The molecule has 0 aromatic heterocycles. The molecule has 0 aliphatic carbocycles. The van der Waals surface area contributed by atoms with Gasteiger partial charge in [-0.05, 0) is 48.4 Å². The number of nitrogens with one attached hydrogen (secondary N) is 1. The van der Waals surface area contributed by atoms with E-state index in [1.807, 2.05) is 47.4 Å². The number of amides is 2. The van der Waals surface area contributed by atoms with Gasteiger partial charge in [-0.3, -0.25) is 9.59 Å². The Balaban J connectivity index is 1.39. The molecule has 2 saturated heterocycles. The molecule has 28 heavy (non-hydrogen) atoms. The van der Waals surface area contributed by atoms with Gasteiger partial charge in [0.2, 0.25) is 5.91 Å². The van der Waals surface area contributed by atoms with Crippen LogP contribution in [0.3, 0.4) is 0 Å². The van der Waals surface area contributed by atoms with Crippen molar-refractivity contribution < 1.29 is 14.3 Å². The highest BCUT2D eigenvalue weighted by molar-refractivity contribution is 6.04. The Kier molecular flexibility index (Phi) is 5.58.